The van der Waals surface area contributed by atoms with Gasteiger partial charge < -0.3 is 14.7 Å². The highest BCUT2D eigenvalue weighted by Crippen LogP contribution is 2.28. The molecule has 1 aliphatic carbocycles. The van der Waals surface area contributed by atoms with Gasteiger partial charge in [-0.1, -0.05) is 18.2 Å². The Kier molecular flexibility index (Phi) is 4.44. The maximum absolute atomic E-state index is 12.4. The zero-order valence-electron chi connectivity index (χ0n) is 12.3. The number of hydrogen-bond donors (Lipinski definition) is 1. The first-order chi connectivity index (χ1) is 10.2. The summed E-state index contributed by atoms with van der Waals surface area (Å²) in [5, 5.41) is 9.86. The Morgan fingerprint density at radius 1 is 1.10 bits per heavy atom. The van der Waals surface area contributed by atoms with Crippen LogP contribution in [0.5, 0.6) is 5.75 Å². The number of hydrogen-bond acceptors (Lipinski definition) is 3. The lowest BCUT2D eigenvalue weighted by Gasteiger charge is -2.34. The lowest BCUT2D eigenvalue weighted by atomic mass is 10.0. The topological polar surface area (TPSA) is 49.8 Å². The average Bonchev–Trinajstić information content (AvgIpc) is 2.94. The molecule has 21 heavy (non-hydrogen) atoms. The van der Waals surface area contributed by atoms with Gasteiger partial charge in [0.25, 0.3) is 0 Å². The zero-order valence-corrected chi connectivity index (χ0v) is 12.3. The quantitative estimate of drug-likeness (QED) is 0.928. The van der Waals surface area contributed by atoms with E-state index in [1.54, 1.807) is 0 Å². The molecule has 114 valence electrons. The molecule has 1 saturated heterocycles. The molecule has 1 saturated carbocycles. The van der Waals surface area contributed by atoms with Gasteiger partial charge in [-0.15, -0.1) is 0 Å². The maximum Gasteiger partial charge on any atom is 0.228 e. The summed E-state index contributed by atoms with van der Waals surface area (Å²) in [6, 6.07) is 9.84. The van der Waals surface area contributed by atoms with Crippen molar-refractivity contribution in [2.45, 2.75) is 44.3 Å². The molecular weight excluding hydrogens is 266 g/mol. The van der Waals surface area contributed by atoms with Crippen LogP contribution in [0.2, 0.25) is 0 Å². The Hall–Kier alpha value is -1.55. The monoisotopic (exact) mass is 289 g/mol. The molecular formula is C17H23NO3. The Morgan fingerprint density at radius 2 is 1.81 bits per heavy atom. The molecule has 0 bridgehead atoms. The Morgan fingerprint density at radius 3 is 2.43 bits per heavy atom. The van der Waals surface area contributed by atoms with Crippen molar-refractivity contribution in [2.24, 2.45) is 5.92 Å². The fourth-order valence-electron chi connectivity index (χ4n) is 3.35. The number of nitrogens with zero attached hydrogens (tertiary/aromatic N) is 1. The van der Waals surface area contributed by atoms with Gasteiger partial charge in [0.15, 0.2) is 0 Å². The van der Waals surface area contributed by atoms with Crippen molar-refractivity contribution in [3.8, 4) is 5.75 Å². The first-order valence-electron chi connectivity index (χ1n) is 7.92. The molecule has 1 aromatic carbocycles. The highest BCUT2D eigenvalue weighted by Gasteiger charge is 2.35. The van der Waals surface area contributed by atoms with Crippen molar-refractivity contribution >= 4 is 5.91 Å². The van der Waals surface area contributed by atoms with E-state index in [2.05, 4.69) is 0 Å². The van der Waals surface area contributed by atoms with E-state index in [-0.39, 0.29) is 17.9 Å². The molecule has 2 fully saturated rings. The van der Waals surface area contributed by atoms with E-state index >= 15 is 0 Å². The highest BCUT2D eigenvalue weighted by molar-refractivity contribution is 5.79. The number of likely N-dealkylation sites (tertiary alicyclic amines) is 1. The van der Waals surface area contributed by atoms with Gasteiger partial charge in [-0.2, -0.15) is 0 Å². The van der Waals surface area contributed by atoms with Gasteiger partial charge in [0.2, 0.25) is 5.91 Å². The summed E-state index contributed by atoms with van der Waals surface area (Å²) >= 11 is 0. The number of rotatable bonds is 3. The SMILES string of the molecule is O=C(C1CCCC1O)N1CCC(Oc2ccccc2)CC1. The van der Waals surface area contributed by atoms with Gasteiger partial charge in [-0.3, -0.25) is 4.79 Å². The van der Waals surface area contributed by atoms with Crippen molar-refractivity contribution in [2.75, 3.05) is 13.1 Å². The van der Waals surface area contributed by atoms with Gasteiger partial charge >= 0.3 is 0 Å². The van der Waals surface area contributed by atoms with Gasteiger partial charge in [0.1, 0.15) is 11.9 Å². The second-order valence-electron chi connectivity index (χ2n) is 6.06. The lowest BCUT2D eigenvalue weighted by Crippen LogP contribution is -2.45. The van der Waals surface area contributed by atoms with Crippen LogP contribution < -0.4 is 4.74 Å². The first-order valence-corrected chi connectivity index (χ1v) is 7.92. The first kappa shape index (κ1) is 14.4. The molecule has 0 radical (unpaired) electrons. The van der Waals surface area contributed by atoms with Crippen LogP contribution in [-0.2, 0) is 4.79 Å². The summed E-state index contributed by atoms with van der Waals surface area (Å²) in [5.74, 6) is 0.864. The Labute approximate surface area is 125 Å². The van der Waals surface area contributed by atoms with Crippen molar-refractivity contribution in [1.82, 2.24) is 4.90 Å². The number of ether oxygens (including phenoxy) is 1. The van der Waals surface area contributed by atoms with E-state index in [4.69, 9.17) is 4.74 Å². The number of benzene rings is 1. The van der Waals surface area contributed by atoms with E-state index in [9.17, 15) is 9.90 Å². The van der Waals surface area contributed by atoms with E-state index in [0.717, 1.165) is 50.9 Å². The van der Waals surface area contributed by atoms with Crippen LogP contribution in [0.3, 0.4) is 0 Å². The van der Waals surface area contributed by atoms with Crippen molar-refractivity contribution in [3.05, 3.63) is 30.3 Å². The third kappa shape index (κ3) is 3.38. The van der Waals surface area contributed by atoms with Crippen LogP contribution in [-0.4, -0.2) is 41.2 Å². The number of carbonyl (C=O) groups is 1. The maximum atomic E-state index is 12.4. The van der Waals surface area contributed by atoms with Crippen LogP contribution in [0.25, 0.3) is 0 Å². The summed E-state index contributed by atoms with van der Waals surface area (Å²) in [5.41, 5.74) is 0. The molecule has 0 spiro atoms. The van der Waals surface area contributed by atoms with Crippen molar-refractivity contribution < 1.29 is 14.6 Å². The van der Waals surface area contributed by atoms with Gasteiger partial charge in [0.05, 0.1) is 12.0 Å². The van der Waals surface area contributed by atoms with E-state index in [1.165, 1.54) is 0 Å². The summed E-state index contributed by atoms with van der Waals surface area (Å²) in [6.07, 6.45) is 4.04. The number of carbonyl (C=O) groups excluding carboxylic acids is 1. The minimum atomic E-state index is -0.434. The molecule has 2 aliphatic rings. The molecule has 3 rings (SSSR count). The molecule has 2 atom stereocenters. The fourth-order valence-corrected chi connectivity index (χ4v) is 3.35. The number of amides is 1. The number of para-hydroxylation sites is 1. The fraction of sp³-hybridized carbons (Fsp3) is 0.588. The third-order valence-corrected chi connectivity index (χ3v) is 4.60. The summed E-state index contributed by atoms with van der Waals surface area (Å²) < 4.78 is 5.94. The number of aliphatic hydroxyl groups excluding tert-OH is 1. The van der Waals surface area contributed by atoms with E-state index in [0.29, 0.717) is 0 Å². The molecule has 1 aromatic rings. The van der Waals surface area contributed by atoms with Crippen molar-refractivity contribution in [3.63, 3.8) is 0 Å². The Balaban J connectivity index is 1.50. The molecule has 1 amide bonds. The molecule has 4 heteroatoms. The van der Waals surface area contributed by atoms with Crippen LogP contribution in [0, 0.1) is 5.92 Å². The second kappa shape index (κ2) is 6.48. The predicted molar refractivity (Wildman–Crippen MR) is 80.0 cm³/mol. The summed E-state index contributed by atoms with van der Waals surface area (Å²) in [7, 11) is 0. The average molecular weight is 289 g/mol. The lowest BCUT2D eigenvalue weighted by molar-refractivity contribution is -0.140. The molecule has 1 N–H and O–H groups in total. The van der Waals surface area contributed by atoms with E-state index in [1.807, 2.05) is 35.2 Å². The number of aliphatic hydroxyl groups is 1. The van der Waals surface area contributed by atoms with Crippen molar-refractivity contribution in [1.29, 1.82) is 0 Å². The second-order valence-corrected chi connectivity index (χ2v) is 6.06. The summed E-state index contributed by atoms with van der Waals surface area (Å²) in [4.78, 5) is 14.3. The Bertz CT molecular complexity index is 468. The van der Waals surface area contributed by atoms with Crippen LogP contribution in [0.15, 0.2) is 30.3 Å². The largest absolute Gasteiger partial charge is 0.490 e. The molecule has 4 nitrogen and oxygen atoms in total. The normalized spacial score (nSPS) is 26.8. The zero-order chi connectivity index (χ0) is 14.7. The molecule has 1 aliphatic heterocycles. The smallest absolute Gasteiger partial charge is 0.228 e. The van der Waals surface area contributed by atoms with Gasteiger partial charge in [0, 0.05) is 25.9 Å². The standard InChI is InChI=1S/C17H23NO3/c19-16-8-4-7-15(16)17(20)18-11-9-14(10-12-18)21-13-5-2-1-3-6-13/h1-3,5-6,14-16,19H,4,7-12H2. The van der Waals surface area contributed by atoms with Crippen LogP contribution in [0.1, 0.15) is 32.1 Å². The molecule has 0 aromatic heterocycles. The van der Waals surface area contributed by atoms with E-state index < -0.39 is 6.10 Å². The summed E-state index contributed by atoms with van der Waals surface area (Å²) in [6.45, 7) is 1.47. The van der Waals surface area contributed by atoms with Crippen LogP contribution in [0.4, 0.5) is 0 Å². The molecule has 1 heterocycles. The third-order valence-electron chi connectivity index (χ3n) is 4.60. The van der Waals surface area contributed by atoms with Gasteiger partial charge in [-0.05, 0) is 31.4 Å². The highest BCUT2D eigenvalue weighted by atomic mass is 16.5. The predicted octanol–water partition coefficient (Wildman–Crippen LogP) is 2.22. The van der Waals surface area contributed by atoms with Crippen LogP contribution >= 0.6 is 0 Å². The minimum absolute atomic E-state index is 0.137. The molecule has 2 unspecified atom stereocenters. The number of piperidine rings is 1. The minimum Gasteiger partial charge on any atom is -0.490 e. The van der Waals surface area contributed by atoms with Gasteiger partial charge in [-0.25, -0.2) is 0 Å².